The van der Waals surface area contributed by atoms with Crippen LogP contribution < -0.4 is 19.6 Å². The van der Waals surface area contributed by atoms with Crippen molar-refractivity contribution in [3.8, 4) is 5.75 Å². The highest BCUT2D eigenvalue weighted by Gasteiger charge is 2.34. The Morgan fingerprint density at radius 1 is 1.11 bits per heavy atom. The zero-order valence-corrected chi connectivity index (χ0v) is 28.3. The number of carbonyl (C=O) groups is 1. The molecule has 6 nitrogen and oxygen atoms in total. The lowest BCUT2D eigenvalue weighted by Gasteiger charge is -2.26. The Kier molecular flexibility index (Phi) is 10.2. The van der Waals surface area contributed by atoms with E-state index in [1.807, 2.05) is 67.6 Å². The van der Waals surface area contributed by atoms with Crippen molar-refractivity contribution in [3.63, 3.8) is 0 Å². The normalized spacial score (nSPS) is 14.9. The van der Waals surface area contributed by atoms with E-state index in [0.717, 1.165) is 27.6 Å². The second-order valence-electron chi connectivity index (χ2n) is 10.8. The minimum absolute atomic E-state index is 0.209. The van der Waals surface area contributed by atoms with Crippen LogP contribution in [0.3, 0.4) is 0 Å². The van der Waals surface area contributed by atoms with Gasteiger partial charge in [0.05, 0.1) is 32.9 Å². The van der Waals surface area contributed by atoms with Crippen molar-refractivity contribution < 1.29 is 14.3 Å². The summed E-state index contributed by atoms with van der Waals surface area (Å²) in [5, 5.41) is 0.651. The van der Waals surface area contributed by atoms with Gasteiger partial charge in [-0.3, -0.25) is 9.36 Å². The van der Waals surface area contributed by atoms with Crippen LogP contribution in [0.15, 0.2) is 92.3 Å². The van der Waals surface area contributed by atoms with Gasteiger partial charge in [-0.2, -0.15) is 0 Å². The number of allylic oxidation sites excluding steroid dienone is 1. The third-order valence-corrected chi connectivity index (χ3v) is 9.38. The molecule has 4 aromatic rings. The number of thiazole rings is 1. The van der Waals surface area contributed by atoms with Crippen molar-refractivity contribution in [1.82, 2.24) is 4.57 Å². The topological polar surface area (TPSA) is 69.9 Å². The Labute approximate surface area is 274 Å². The molecule has 0 bridgehead atoms. The summed E-state index contributed by atoms with van der Waals surface area (Å²) in [5.41, 5.74) is 4.62. The van der Waals surface area contributed by atoms with Crippen molar-refractivity contribution in [2.75, 3.05) is 6.61 Å². The molecule has 0 amide bonds. The molecule has 228 valence electrons. The molecule has 2 heterocycles. The lowest BCUT2D eigenvalue weighted by Crippen LogP contribution is -2.40. The monoisotopic (exact) mass is 692 g/mol. The maximum Gasteiger partial charge on any atom is 0.338 e. The summed E-state index contributed by atoms with van der Waals surface area (Å²) in [4.78, 5) is 32.9. The molecule has 0 aliphatic carbocycles. The summed E-state index contributed by atoms with van der Waals surface area (Å²) in [6.07, 6.45) is 3.25. The number of benzene rings is 3. The molecule has 0 spiro atoms. The lowest BCUT2D eigenvalue weighted by atomic mass is 9.92. The van der Waals surface area contributed by atoms with Crippen LogP contribution in [0, 0.1) is 0 Å². The highest BCUT2D eigenvalue weighted by molar-refractivity contribution is 9.10. The Balaban J connectivity index is 1.57. The number of nitrogens with zero attached hydrogens (tertiary/aromatic N) is 2. The summed E-state index contributed by atoms with van der Waals surface area (Å²) in [7, 11) is 0. The number of carbonyl (C=O) groups excluding carboxylic acids is 1. The van der Waals surface area contributed by atoms with Crippen LogP contribution in [0.5, 0.6) is 5.75 Å². The minimum Gasteiger partial charge on any atom is -0.488 e. The van der Waals surface area contributed by atoms with Gasteiger partial charge in [0.2, 0.25) is 0 Å². The number of aromatic nitrogens is 1. The standard InChI is InChI=1S/C35H34BrClN2O4S/c1-5-9-28-31(34(41)42-6-2)32(24-15-13-23(14-16-24)21(3)4)39-33(40)30(44-35(39)38-28)19-22-12-17-29(26(36)18-22)43-20-25-10-7-8-11-27(25)37/h7-8,10-19,21,32H,5-6,9,20H2,1-4H3/b30-19-/t32-/m0/s1. The molecule has 9 heteroatoms. The van der Waals surface area contributed by atoms with Crippen molar-refractivity contribution in [1.29, 1.82) is 0 Å². The summed E-state index contributed by atoms with van der Waals surface area (Å²) < 4.78 is 14.4. The SMILES string of the molecule is CCCC1=C(C(=O)OCC)[C@H](c2ccc(C(C)C)cc2)n2c(s/c(=C\c3ccc(OCc4ccccc4Cl)c(Br)c3)c2=O)=N1. The van der Waals surface area contributed by atoms with E-state index >= 15 is 0 Å². The molecule has 1 aliphatic heterocycles. The molecule has 0 radical (unpaired) electrons. The fraction of sp³-hybridized carbons (Fsp3) is 0.286. The molecule has 1 atom stereocenters. The van der Waals surface area contributed by atoms with Crippen LogP contribution >= 0.6 is 38.9 Å². The molecule has 1 aromatic heterocycles. The third kappa shape index (κ3) is 6.77. The van der Waals surface area contributed by atoms with Gasteiger partial charge >= 0.3 is 5.97 Å². The van der Waals surface area contributed by atoms with E-state index in [2.05, 4.69) is 41.9 Å². The summed E-state index contributed by atoms with van der Waals surface area (Å²) in [5.74, 6) is 0.578. The molecule has 0 saturated carbocycles. The van der Waals surface area contributed by atoms with E-state index in [0.29, 0.717) is 50.3 Å². The predicted octanol–water partition coefficient (Wildman–Crippen LogP) is 7.70. The molecule has 0 saturated heterocycles. The summed E-state index contributed by atoms with van der Waals surface area (Å²) in [6, 6.07) is 20.7. The maximum absolute atomic E-state index is 14.1. The number of hydrogen-bond acceptors (Lipinski definition) is 6. The maximum atomic E-state index is 14.1. The van der Waals surface area contributed by atoms with E-state index < -0.39 is 12.0 Å². The Bertz CT molecular complexity index is 1890. The molecular weight excluding hydrogens is 660 g/mol. The number of rotatable bonds is 10. The number of fused-ring (bicyclic) bond motifs is 1. The first-order chi connectivity index (χ1) is 21.2. The molecule has 44 heavy (non-hydrogen) atoms. The Morgan fingerprint density at radius 3 is 2.52 bits per heavy atom. The van der Waals surface area contributed by atoms with Crippen molar-refractivity contribution in [2.45, 2.75) is 59.1 Å². The molecule has 5 rings (SSSR count). The average molecular weight is 694 g/mol. The predicted molar refractivity (Wildman–Crippen MR) is 180 cm³/mol. The van der Waals surface area contributed by atoms with Crippen molar-refractivity contribution in [2.24, 2.45) is 4.99 Å². The minimum atomic E-state index is -0.637. The molecule has 3 aromatic carbocycles. The smallest absolute Gasteiger partial charge is 0.338 e. The summed E-state index contributed by atoms with van der Waals surface area (Å²) >= 11 is 11.2. The zero-order valence-electron chi connectivity index (χ0n) is 25.1. The van der Waals surface area contributed by atoms with E-state index in [1.165, 1.54) is 16.9 Å². The quantitative estimate of drug-likeness (QED) is 0.160. The Morgan fingerprint density at radius 2 is 1.86 bits per heavy atom. The van der Waals surface area contributed by atoms with Crippen LogP contribution in [0.4, 0.5) is 0 Å². The number of ether oxygens (including phenoxy) is 2. The number of esters is 1. The van der Waals surface area contributed by atoms with E-state index in [9.17, 15) is 9.59 Å². The first kappa shape index (κ1) is 31.9. The fourth-order valence-electron chi connectivity index (χ4n) is 5.15. The molecule has 0 unspecified atom stereocenters. The van der Waals surface area contributed by atoms with Gasteiger partial charge in [0.25, 0.3) is 5.56 Å². The number of halogens is 2. The van der Waals surface area contributed by atoms with Gasteiger partial charge in [-0.25, -0.2) is 9.79 Å². The fourth-order valence-corrected chi connectivity index (χ4v) is 6.87. The van der Waals surface area contributed by atoms with Gasteiger partial charge < -0.3 is 9.47 Å². The first-order valence-corrected chi connectivity index (χ1v) is 16.7. The highest BCUT2D eigenvalue weighted by atomic mass is 79.9. The van der Waals surface area contributed by atoms with E-state index in [4.69, 9.17) is 26.1 Å². The Hall–Kier alpha value is -3.46. The second kappa shape index (κ2) is 14.1. The van der Waals surface area contributed by atoms with Crippen molar-refractivity contribution >= 4 is 50.9 Å². The largest absolute Gasteiger partial charge is 0.488 e. The third-order valence-electron chi connectivity index (χ3n) is 7.41. The lowest BCUT2D eigenvalue weighted by molar-refractivity contribution is -0.139. The average Bonchev–Trinajstić information content (AvgIpc) is 3.31. The van der Waals surface area contributed by atoms with Gasteiger partial charge in [-0.05, 0) is 76.2 Å². The molecule has 0 fully saturated rings. The van der Waals surface area contributed by atoms with Gasteiger partial charge in [0, 0.05) is 10.6 Å². The molecular formula is C35H34BrClN2O4S. The zero-order chi connectivity index (χ0) is 31.4. The van der Waals surface area contributed by atoms with Crippen LogP contribution in [0.2, 0.25) is 5.02 Å². The van der Waals surface area contributed by atoms with Crippen LogP contribution in [-0.4, -0.2) is 17.1 Å². The second-order valence-corrected chi connectivity index (χ2v) is 13.1. The van der Waals surface area contributed by atoms with E-state index in [1.54, 1.807) is 11.5 Å². The number of hydrogen-bond donors (Lipinski definition) is 0. The van der Waals surface area contributed by atoms with Gasteiger partial charge in [-0.1, -0.05) is 98.7 Å². The summed E-state index contributed by atoms with van der Waals surface area (Å²) in [6.45, 7) is 8.67. The van der Waals surface area contributed by atoms with Crippen LogP contribution in [0.25, 0.3) is 6.08 Å². The van der Waals surface area contributed by atoms with Crippen molar-refractivity contribution in [3.05, 3.63) is 129 Å². The first-order valence-electron chi connectivity index (χ1n) is 14.7. The highest BCUT2D eigenvalue weighted by Crippen LogP contribution is 2.33. The van der Waals surface area contributed by atoms with Crippen LogP contribution in [0.1, 0.15) is 74.8 Å². The van der Waals surface area contributed by atoms with Crippen LogP contribution in [-0.2, 0) is 16.1 Å². The van der Waals surface area contributed by atoms with Gasteiger partial charge in [0.1, 0.15) is 12.4 Å². The molecule has 1 aliphatic rings. The molecule has 0 N–H and O–H groups in total. The van der Waals surface area contributed by atoms with E-state index in [-0.39, 0.29) is 12.2 Å². The van der Waals surface area contributed by atoms with Gasteiger partial charge in [0.15, 0.2) is 4.80 Å². The van der Waals surface area contributed by atoms with Gasteiger partial charge in [-0.15, -0.1) is 0 Å².